The molecule has 0 atom stereocenters. The SMILES string of the molecule is C=CCN.CCl.Cl. The summed E-state index contributed by atoms with van der Waals surface area (Å²) in [5, 5.41) is 0. The normalized spacial score (nSPS) is 4.43. The minimum absolute atomic E-state index is 0. The Bertz CT molecular complexity index is 23.7. The molecule has 0 bridgehead atoms. The summed E-state index contributed by atoms with van der Waals surface area (Å²) >= 11 is 4.64. The molecule has 0 aromatic rings. The molecule has 0 saturated heterocycles. The van der Waals surface area contributed by atoms with Crippen molar-refractivity contribution in [2.45, 2.75) is 0 Å². The molecule has 0 aliphatic rings. The highest BCUT2D eigenvalue weighted by Gasteiger charge is 1.43. The predicted octanol–water partition coefficient (Wildman–Crippen LogP) is 1.41. The van der Waals surface area contributed by atoms with Crippen molar-refractivity contribution in [1.29, 1.82) is 0 Å². The summed E-state index contributed by atoms with van der Waals surface area (Å²) < 4.78 is 0. The van der Waals surface area contributed by atoms with Crippen LogP contribution in [0.25, 0.3) is 0 Å². The Labute approximate surface area is 55.9 Å². The van der Waals surface area contributed by atoms with E-state index in [0.717, 1.165) is 0 Å². The summed E-state index contributed by atoms with van der Waals surface area (Å²) in [6, 6.07) is 0. The first-order chi connectivity index (χ1) is 2.91. The molecule has 7 heavy (non-hydrogen) atoms. The fourth-order valence-electron chi connectivity index (χ4n) is 0. The number of hydrogen-bond acceptors (Lipinski definition) is 1. The number of hydrogen-bond donors (Lipinski definition) is 1. The minimum atomic E-state index is 0. The van der Waals surface area contributed by atoms with Gasteiger partial charge in [-0.3, -0.25) is 0 Å². The average molecular weight is 144 g/mol. The molecule has 0 unspecified atom stereocenters. The summed E-state index contributed by atoms with van der Waals surface area (Å²) in [5.41, 5.74) is 4.91. The fourth-order valence-corrected chi connectivity index (χ4v) is 0. The van der Waals surface area contributed by atoms with Gasteiger partial charge in [0.15, 0.2) is 0 Å². The largest absolute Gasteiger partial charge is 0.327 e. The van der Waals surface area contributed by atoms with Crippen LogP contribution in [0.15, 0.2) is 12.7 Å². The van der Waals surface area contributed by atoms with Gasteiger partial charge in [0.25, 0.3) is 0 Å². The molecule has 0 radical (unpaired) electrons. The highest BCUT2D eigenvalue weighted by Crippen LogP contribution is 1.40. The van der Waals surface area contributed by atoms with Gasteiger partial charge in [0.05, 0.1) is 0 Å². The lowest BCUT2D eigenvalue weighted by Crippen LogP contribution is -1.90. The molecule has 46 valence electrons. The summed E-state index contributed by atoms with van der Waals surface area (Å²) in [5.74, 6) is 0. The first-order valence-electron chi connectivity index (χ1n) is 1.60. The number of rotatable bonds is 1. The standard InChI is InChI=1S/C3H7N.CH3Cl.ClH/c1-2-3-4;1-2;/h2H,1,3-4H2;1H3;1H. The molecule has 0 spiro atoms. The smallest absolute Gasteiger partial charge is 0.0108 e. The maximum absolute atomic E-state index is 4.91. The van der Waals surface area contributed by atoms with Crippen LogP contribution in [0.5, 0.6) is 0 Å². The average Bonchev–Trinajstić information content (AvgIpc) is 1.72. The predicted molar refractivity (Wildman–Crippen MR) is 38.3 cm³/mol. The second kappa shape index (κ2) is 33.7. The number of halogens is 2. The molecule has 0 aromatic heterocycles. The zero-order valence-electron chi connectivity index (χ0n) is 4.36. The van der Waals surface area contributed by atoms with Gasteiger partial charge in [-0.1, -0.05) is 6.08 Å². The summed E-state index contributed by atoms with van der Waals surface area (Å²) in [6.07, 6.45) is 3.12. The molecule has 0 fully saturated rings. The Hall–Kier alpha value is 0.280. The van der Waals surface area contributed by atoms with E-state index in [-0.39, 0.29) is 12.4 Å². The zero-order chi connectivity index (χ0) is 5.41. The van der Waals surface area contributed by atoms with Crippen molar-refractivity contribution in [2.75, 3.05) is 12.9 Å². The van der Waals surface area contributed by atoms with E-state index in [0.29, 0.717) is 6.54 Å². The van der Waals surface area contributed by atoms with Crippen LogP contribution in [0.3, 0.4) is 0 Å². The molecule has 0 heterocycles. The summed E-state index contributed by atoms with van der Waals surface area (Å²) in [6.45, 7) is 3.94. The van der Waals surface area contributed by atoms with E-state index >= 15 is 0 Å². The fraction of sp³-hybridized carbons (Fsp3) is 0.500. The van der Waals surface area contributed by atoms with Gasteiger partial charge in [-0.15, -0.1) is 30.6 Å². The molecule has 0 aromatic carbocycles. The van der Waals surface area contributed by atoms with Gasteiger partial charge in [-0.25, -0.2) is 0 Å². The van der Waals surface area contributed by atoms with Gasteiger partial charge >= 0.3 is 0 Å². The van der Waals surface area contributed by atoms with Gasteiger partial charge in [-0.05, 0) is 0 Å². The molecule has 0 rings (SSSR count). The lowest BCUT2D eigenvalue weighted by atomic mass is 10.7. The summed E-state index contributed by atoms with van der Waals surface area (Å²) in [7, 11) is 0. The van der Waals surface area contributed by atoms with Crippen LogP contribution in [-0.4, -0.2) is 12.9 Å². The van der Waals surface area contributed by atoms with E-state index in [1.165, 1.54) is 6.38 Å². The van der Waals surface area contributed by atoms with Crippen molar-refractivity contribution in [1.82, 2.24) is 0 Å². The second-order valence-corrected chi connectivity index (χ2v) is 0.524. The van der Waals surface area contributed by atoms with Crippen LogP contribution in [-0.2, 0) is 0 Å². The van der Waals surface area contributed by atoms with Gasteiger partial charge in [0, 0.05) is 12.9 Å². The van der Waals surface area contributed by atoms with Crippen molar-refractivity contribution in [2.24, 2.45) is 5.73 Å². The first-order valence-corrected chi connectivity index (χ1v) is 2.36. The van der Waals surface area contributed by atoms with Gasteiger partial charge < -0.3 is 5.73 Å². The van der Waals surface area contributed by atoms with Crippen LogP contribution in [0.1, 0.15) is 0 Å². The molecule has 0 aliphatic carbocycles. The Morgan fingerprint density at radius 2 is 1.86 bits per heavy atom. The van der Waals surface area contributed by atoms with E-state index in [1.807, 2.05) is 0 Å². The first kappa shape index (κ1) is 15.7. The highest BCUT2D eigenvalue weighted by molar-refractivity contribution is 6.15. The van der Waals surface area contributed by atoms with E-state index in [9.17, 15) is 0 Å². The van der Waals surface area contributed by atoms with Crippen molar-refractivity contribution in [3.05, 3.63) is 12.7 Å². The van der Waals surface area contributed by atoms with E-state index in [1.54, 1.807) is 6.08 Å². The quantitative estimate of drug-likeness (QED) is 0.437. The van der Waals surface area contributed by atoms with Crippen molar-refractivity contribution in [3.63, 3.8) is 0 Å². The van der Waals surface area contributed by atoms with E-state index < -0.39 is 0 Å². The maximum Gasteiger partial charge on any atom is 0.0108 e. The molecular weight excluding hydrogens is 133 g/mol. The minimum Gasteiger partial charge on any atom is -0.327 e. The molecule has 2 N–H and O–H groups in total. The Morgan fingerprint density at radius 3 is 1.86 bits per heavy atom. The lowest BCUT2D eigenvalue weighted by molar-refractivity contribution is 1.26. The molecule has 0 saturated carbocycles. The van der Waals surface area contributed by atoms with E-state index in [4.69, 9.17) is 5.73 Å². The monoisotopic (exact) mass is 143 g/mol. The van der Waals surface area contributed by atoms with Crippen LogP contribution in [0.2, 0.25) is 0 Å². The molecule has 1 nitrogen and oxygen atoms in total. The number of alkyl halides is 1. The Morgan fingerprint density at radius 1 is 1.71 bits per heavy atom. The molecule has 0 aliphatic heterocycles. The molecular formula is C4H11Cl2N. The van der Waals surface area contributed by atoms with Crippen molar-refractivity contribution < 1.29 is 0 Å². The number of nitrogens with two attached hydrogens (primary N) is 1. The zero-order valence-corrected chi connectivity index (χ0v) is 5.93. The van der Waals surface area contributed by atoms with Crippen LogP contribution in [0, 0.1) is 0 Å². The third kappa shape index (κ3) is 70.2. The van der Waals surface area contributed by atoms with Gasteiger partial charge in [-0.2, -0.15) is 0 Å². The maximum atomic E-state index is 4.91. The highest BCUT2D eigenvalue weighted by atomic mass is 35.5. The van der Waals surface area contributed by atoms with Crippen LogP contribution >= 0.6 is 24.0 Å². The third-order valence-corrected chi connectivity index (χ3v) is 0.167. The van der Waals surface area contributed by atoms with E-state index in [2.05, 4.69) is 18.2 Å². The Kier molecular flexibility index (Phi) is 75.4. The molecule has 3 heteroatoms. The van der Waals surface area contributed by atoms with Gasteiger partial charge in [0.1, 0.15) is 0 Å². The van der Waals surface area contributed by atoms with Crippen molar-refractivity contribution in [3.8, 4) is 0 Å². The van der Waals surface area contributed by atoms with Gasteiger partial charge in [0.2, 0.25) is 0 Å². The topological polar surface area (TPSA) is 26.0 Å². The summed E-state index contributed by atoms with van der Waals surface area (Å²) in [4.78, 5) is 0. The Balaban J connectivity index is -0.0000000480. The third-order valence-electron chi connectivity index (χ3n) is 0.167. The molecule has 0 amide bonds. The lowest BCUT2D eigenvalue weighted by Gasteiger charge is -1.61. The van der Waals surface area contributed by atoms with Crippen molar-refractivity contribution >= 4 is 24.0 Å². The second-order valence-electron chi connectivity index (χ2n) is 0.524. The van der Waals surface area contributed by atoms with Crippen LogP contribution in [0.4, 0.5) is 0 Å². The van der Waals surface area contributed by atoms with Crippen LogP contribution < -0.4 is 5.73 Å².